The summed E-state index contributed by atoms with van der Waals surface area (Å²) in [4.78, 5) is 1.13. The van der Waals surface area contributed by atoms with Crippen molar-refractivity contribution in [1.29, 1.82) is 0 Å². The number of hydrogen-bond donors (Lipinski definition) is 1. The van der Waals surface area contributed by atoms with Crippen molar-refractivity contribution in [3.8, 4) is 0 Å². The largest absolute Gasteiger partial charge is 0.306 e. The monoisotopic (exact) mass is 417 g/mol. The van der Waals surface area contributed by atoms with Gasteiger partial charge in [0.25, 0.3) is 0 Å². The fourth-order valence-corrected chi connectivity index (χ4v) is 5.07. The lowest BCUT2D eigenvalue weighted by Crippen LogP contribution is -2.22. The predicted octanol–water partition coefficient (Wildman–Crippen LogP) is 6.62. The molecular weight excluding hydrogens is 409 g/mol. The molecule has 0 fully saturated rings. The summed E-state index contributed by atoms with van der Waals surface area (Å²) < 4.78 is 3.08. The van der Waals surface area contributed by atoms with Gasteiger partial charge in [0, 0.05) is 14.9 Å². The van der Waals surface area contributed by atoms with Gasteiger partial charge in [-0.05, 0) is 41.0 Å². The molecule has 1 atom stereocenters. The van der Waals surface area contributed by atoms with Crippen LogP contribution in [-0.2, 0) is 0 Å². The van der Waals surface area contributed by atoms with Crippen molar-refractivity contribution in [2.24, 2.45) is 0 Å². The first-order valence-electron chi connectivity index (χ1n) is 5.65. The highest BCUT2D eigenvalue weighted by molar-refractivity contribution is 9.10. The Labute approximate surface area is 144 Å². The van der Waals surface area contributed by atoms with Crippen molar-refractivity contribution in [3.63, 3.8) is 0 Å². The number of hydrogen-bond acceptors (Lipinski definition) is 3. The Balaban J connectivity index is 2.38. The Kier molecular flexibility index (Phi) is 6.03. The van der Waals surface area contributed by atoms with Crippen LogP contribution in [0.4, 0.5) is 0 Å². The molecule has 0 spiro atoms. The first kappa shape index (κ1) is 16.1. The van der Waals surface area contributed by atoms with E-state index in [0.29, 0.717) is 4.34 Å². The lowest BCUT2D eigenvalue weighted by molar-refractivity contribution is 0.607. The van der Waals surface area contributed by atoms with Crippen LogP contribution in [0.1, 0.15) is 29.8 Å². The van der Waals surface area contributed by atoms with Crippen LogP contribution in [0.5, 0.6) is 0 Å². The van der Waals surface area contributed by atoms with Crippen molar-refractivity contribution in [2.75, 3.05) is 6.54 Å². The second kappa shape index (κ2) is 7.12. The molecule has 2 aromatic heterocycles. The summed E-state index contributed by atoms with van der Waals surface area (Å²) in [6, 6.07) is 3.98. The number of rotatable bonds is 5. The van der Waals surface area contributed by atoms with Gasteiger partial charge in [0.1, 0.15) is 4.34 Å². The number of thiophene rings is 2. The van der Waals surface area contributed by atoms with E-state index in [1.54, 1.807) is 11.3 Å². The maximum Gasteiger partial charge on any atom is 0.107 e. The molecule has 1 unspecified atom stereocenters. The maximum atomic E-state index is 6.27. The van der Waals surface area contributed by atoms with Crippen LogP contribution in [0.2, 0.25) is 13.0 Å². The summed E-state index contributed by atoms with van der Waals surface area (Å²) in [5, 5.41) is 3.49. The van der Waals surface area contributed by atoms with Gasteiger partial charge in [0.2, 0.25) is 0 Å². The quantitative estimate of drug-likeness (QED) is 0.574. The third-order valence-electron chi connectivity index (χ3n) is 2.54. The third kappa shape index (κ3) is 3.88. The van der Waals surface area contributed by atoms with Crippen LogP contribution < -0.4 is 5.32 Å². The van der Waals surface area contributed by atoms with Gasteiger partial charge in [-0.15, -0.1) is 22.7 Å². The van der Waals surface area contributed by atoms with Gasteiger partial charge in [-0.1, -0.05) is 41.7 Å². The van der Waals surface area contributed by atoms with E-state index in [1.807, 2.05) is 12.1 Å². The average Bonchev–Trinajstić information content (AvgIpc) is 2.84. The second-order valence-corrected chi connectivity index (χ2v) is 8.76. The molecule has 0 saturated heterocycles. The maximum absolute atomic E-state index is 6.27. The summed E-state index contributed by atoms with van der Waals surface area (Å²) >= 11 is 24.8. The minimum atomic E-state index is 0.0324. The fourth-order valence-electron chi connectivity index (χ4n) is 1.71. The standard InChI is InChI=1S/C12H11BrCl3NS2/c1-2-3-17-10(6-4-9(14)19-11(6)15)8-5-7(13)12(16)18-8/h4-5,10,17H,2-3H2,1H3. The van der Waals surface area contributed by atoms with Gasteiger partial charge in [-0.3, -0.25) is 0 Å². The minimum Gasteiger partial charge on any atom is -0.306 e. The highest BCUT2D eigenvalue weighted by Gasteiger charge is 2.21. The van der Waals surface area contributed by atoms with Gasteiger partial charge in [0.15, 0.2) is 0 Å². The van der Waals surface area contributed by atoms with E-state index in [1.165, 1.54) is 11.3 Å². The molecule has 7 heteroatoms. The first-order chi connectivity index (χ1) is 9.02. The van der Waals surface area contributed by atoms with E-state index in [-0.39, 0.29) is 6.04 Å². The zero-order valence-corrected chi connectivity index (χ0v) is 15.5. The van der Waals surface area contributed by atoms with Crippen LogP contribution in [0.3, 0.4) is 0 Å². The Hall–Kier alpha value is 0.710. The predicted molar refractivity (Wildman–Crippen MR) is 91.5 cm³/mol. The third-order valence-corrected chi connectivity index (χ3v) is 6.60. The van der Waals surface area contributed by atoms with Crippen LogP contribution in [-0.4, -0.2) is 6.54 Å². The van der Waals surface area contributed by atoms with Crippen molar-refractivity contribution in [3.05, 3.63) is 40.1 Å². The van der Waals surface area contributed by atoms with Crippen molar-refractivity contribution in [2.45, 2.75) is 19.4 Å². The van der Waals surface area contributed by atoms with Crippen molar-refractivity contribution >= 4 is 73.4 Å². The molecule has 0 aliphatic carbocycles. The van der Waals surface area contributed by atoms with E-state index >= 15 is 0 Å². The first-order valence-corrected chi connectivity index (χ1v) is 9.21. The van der Waals surface area contributed by atoms with Gasteiger partial charge in [0.05, 0.1) is 14.7 Å². The minimum absolute atomic E-state index is 0.0324. The number of nitrogens with one attached hydrogen (secondary N) is 1. The van der Waals surface area contributed by atoms with Crippen LogP contribution >= 0.6 is 73.4 Å². The summed E-state index contributed by atoms with van der Waals surface area (Å²) in [5.41, 5.74) is 1.01. The van der Waals surface area contributed by atoms with Crippen LogP contribution in [0, 0.1) is 0 Å². The molecule has 0 radical (unpaired) electrons. The van der Waals surface area contributed by atoms with E-state index in [0.717, 1.165) is 36.6 Å². The molecule has 1 N–H and O–H groups in total. The van der Waals surface area contributed by atoms with Crippen LogP contribution in [0.15, 0.2) is 16.6 Å². The highest BCUT2D eigenvalue weighted by Crippen LogP contribution is 2.42. The van der Waals surface area contributed by atoms with E-state index in [9.17, 15) is 0 Å². The van der Waals surface area contributed by atoms with Gasteiger partial charge in [-0.2, -0.15) is 0 Å². The molecule has 2 heterocycles. The molecular formula is C12H11BrCl3NS2. The molecule has 0 aromatic carbocycles. The topological polar surface area (TPSA) is 12.0 Å². The summed E-state index contributed by atoms with van der Waals surface area (Å²) in [6.45, 7) is 3.03. The molecule has 1 nitrogen and oxygen atoms in total. The van der Waals surface area contributed by atoms with Crippen LogP contribution in [0.25, 0.3) is 0 Å². The zero-order chi connectivity index (χ0) is 14.0. The lowest BCUT2D eigenvalue weighted by Gasteiger charge is -2.16. The van der Waals surface area contributed by atoms with Gasteiger partial charge < -0.3 is 5.32 Å². The van der Waals surface area contributed by atoms with Crippen molar-refractivity contribution in [1.82, 2.24) is 5.32 Å². The molecule has 0 saturated carbocycles. The molecule has 104 valence electrons. The number of halogens is 4. The zero-order valence-electron chi connectivity index (χ0n) is 9.97. The Morgan fingerprint density at radius 2 is 1.95 bits per heavy atom. The van der Waals surface area contributed by atoms with Gasteiger partial charge in [-0.25, -0.2) is 0 Å². The molecule has 0 amide bonds. The molecule has 19 heavy (non-hydrogen) atoms. The average molecular weight is 420 g/mol. The van der Waals surface area contributed by atoms with E-state index in [2.05, 4.69) is 28.2 Å². The van der Waals surface area contributed by atoms with E-state index < -0.39 is 0 Å². The second-order valence-electron chi connectivity index (χ2n) is 3.94. The van der Waals surface area contributed by atoms with E-state index in [4.69, 9.17) is 34.8 Å². The van der Waals surface area contributed by atoms with Gasteiger partial charge >= 0.3 is 0 Å². The summed E-state index contributed by atoms with van der Waals surface area (Å²) in [6.07, 6.45) is 1.05. The van der Waals surface area contributed by atoms with Crippen molar-refractivity contribution < 1.29 is 0 Å². The Bertz CT molecular complexity index is 548. The SMILES string of the molecule is CCCNC(c1cc(Br)c(Cl)s1)c1cc(Cl)sc1Cl. The molecule has 0 aliphatic rings. The summed E-state index contributed by atoms with van der Waals surface area (Å²) in [5.74, 6) is 0. The fraction of sp³-hybridized carbons (Fsp3) is 0.333. The smallest absolute Gasteiger partial charge is 0.107 e. The lowest BCUT2D eigenvalue weighted by atomic mass is 10.1. The molecule has 2 rings (SSSR count). The molecule has 0 aliphatic heterocycles. The normalized spacial score (nSPS) is 12.9. The summed E-state index contributed by atoms with van der Waals surface area (Å²) in [7, 11) is 0. The Morgan fingerprint density at radius 1 is 1.21 bits per heavy atom. The highest BCUT2D eigenvalue weighted by atomic mass is 79.9. The molecule has 2 aromatic rings. The molecule has 0 bridgehead atoms. The Morgan fingerprint density at radius 3 is 2.42 bits per heavy atom.